The Morgan fingerprint density at radius 1 is 0.674 bits per heavy atom. The molecular weight excluding hydrogens is 702 g/mol. The normalized spacial score (nSPS) is 10.9. The summed E-state index contributed by atoms with van der Waals surface area (Å²) in [6, 6.07) is 44.6. The van der Waals surface area contributed by atoms with Crippen molar-refractivity contribution in [2.24, 2.45) is 0 Å². The molecule has 3 nitrogen and oxygen atoms in total. The molecule has 0 saturated heterocycles. The van der Waals surface area contributed by atoms with Gasteiger partial charge in [-0.25, -0.2) is 27.5 Å². The van der Waals surface area contributed by atoms with Crippen LogP contribution in [-0.2, 0) is 30.5 Å². The molecule has 0 unspecified atom stereocenters. The molecule has 0 aromatic heterocycles. The Balaban J connectivity index is 0.000000605. The van der Waals surface area contributed by atoms with Gasteiger partial charge in [-0.3, -0.25) is 0 Å². The number of unbranched alkanes of at least 4 members (excludes halogenated alkanes) is 1. The van der Waals surface area contributed by atoms with Crippen LogP contribution >= 0.6 is 15.8 Å². The molecular formula is C33H37F3O3P2PdS. The van der Waals surface area contributed by atoms with Gasteiger partial charge in [0.15, 0.2) is 10.1 Å². The van der Waals surface area contributed by atoms with Crippen molar-refractivity contribution in [2.75, 3.05) is 12.3 Å². The van der Waals surface area contributed by atoms with Gasteiger partial charge in [-0.15, -0.1) is 6.92 Å². The Labute approximate surface area is 270 Å². The van der Waals surface area contributed by atoms with Crippen LogP contribution in [0.2, 0.25) is 0 Å². The fourth-order valence-corrected chi connectivity index (χ4v) is 9.48. The predicted octanol–water partition coefficient (Wildman–Crippen LogP) is 6.94. The van der Waals surface area contributed by atoms with Crippen LogP contribution in [0.4, 0.5) is 13.2 Å². The van der Waals surface area contributed by atoms with Crippen LogP contribution in [-0.4, -0.2) is 30.8 Å². The van der Waals surface area contributed by atoms with Crippen molar-refractivity contribution in [3.8, 4) is 0 Å². The van der Waals surface area contributed by atoms with E-state index >= 15 is 0 Å². The largest absolute Gasteiger partial charge is 0.741 e. The number of allylic oxidation sites excluding steroid dienone is 1. The molecule has 0 fully saturated rings. The van der Waals surface area contributed by atoms with Gasteiger partial charge in [-0.1, -0.05) is 72.8 Å². The average Bonchev–Trinajstić information content (AvgIpc) is 3.00. The molecule has 4 aromatic rings. The van der Waals surface area contributed by atoms with Crippen molar-refractivity contribution >= 4 is 47.2 Å². The van der Waals surface area contributed by atoms with E-state index in [1.54, 1.807) is 6.08 Å². The molecule has 4 rings (SSSR count). The molecule has 234 valence electrons. The molecule has 10 heteroatoms. The van der Waals surface area contributed by atoms with Gasteiger partial charge in [0, 0.05) is 20.4 Å². The van der Waals surface area contributed by atoms with Crippen LogP contribution < -0.4 is 21.2 Å². The van der Waals surface area contributed by atoms with Crippen LogP contribution in [0, 0.1) is 6.42 Å². The monoisotopic (exact) mass is 738 g/mol. The molecule has 0 bridgehead atoms. The second-order valence-electron chi connectivity index (χ2n) is 9.10. The van der Waals surface area contributed by atoms with E-state index in [1.165, 1.54) is 46.4 Å². The van der Waals surface area contributed by atoms with Crippen LogP contribution in [0.15, 0.2) is 134 Å². The second kappa shape index (κ2) is 20.6. The molecule has 4 aromatic carbocycles. The third-order valence-electron chi connectivity index (χ3n) is 6.11. The van der Waals surface area contributed by atoms with E-state index in [2.05, 4.69) is 128 Å². The molecule has 0 amide bonds. The first-order valence-electron chi connectivity index (χ1n) is 13.4. The maximum absolute atomic E-state index is 10.7. The third-order valence-corrected chi connectivity index (χ3v) is 12.5. The molecule has 0 aliphatic carbocycles. The first kappa shape index (κ1) is 38.7. The van der Waals surface area contributed by atoms with Gasteiger partial charge in [0.1, 0.15) is 0 Å². The zero-order valence-corrected chi connectivity index (χ0v) is 28.2. The minimum atomic E-state index is -6.09. The van der Waals surface area contributed by atoms with Crippen molar-refractivity contribution in [3.05, 3.63) is 140 Å². The number of hydrogen-bond donors (Lipinski definition) is 0. The summed E-state index contributed by atoms with van der Waals surface area (Å²) < 4.78 is 58.9. The van der Waals surface area contributed by atoms with Crippen molar-refractivity contribution in [1.82, 2.24) is 0 Å². The summed E-state index contributed by atoms with van der Waals surface area (Å²) >= 11 is 0. The number of rotatable bonds is 10. The van der Waals surface area contributed by atoms with Crippen molar-refractivity contribution < 1.29 is 46.6 Å². The van der Waals surface area contributed by atoms with Crippen LogP contribution in [0.1, 0.15) is 19.8 Å². The Kier molecular flexibility index (Phi) is 18.6. The van der Waals surface area contributed by atoms with Gasteiger partial charge in [-0.2, -0.15) is 13.2 Å². The molecule has 0 aliphatic rings. The van der Waals surface area contributed by atoms with Gasteiger partial charge >= 0.3 is 5.51 Å². The molecule has 0 saturated carbocycles. The van der Waals surface area contributed by atoms with Gasteiger partial charge in [0.25, 0.3) is 0 Å². The minimum Gasteiger partial charge on any atom is -0.741 e. The number of halogens is 3. The van der Waals surface area contributed by atoms with E-state index < -0.39 is 31.5 Å². The second-order valence-corrected chi connectivity index (χ2v) is 15.7. The van der Waals surface area contributed by atoms with Crippen molar-refractivity contribution in [1.29, 1.82) is 0 Å². The smallest absolute Gasteiger partial charge is 0.485 e. The summed E-state index contributed by atoms with van der Waals surface area (Å²) in [6.45, 7) is 5.36. The summed E-state index contributed by atoms with van der Waals surface area (Å²) in [5.74, 6) is 0. The first-order valence-corrected chi connectivity index (χ1v) is 18.3. The van der Waals surface area contributed by atoms with E-state index in [1.807, 2.05) is 13.3 Å². The molecule has 0 atom stereocenters. The van der Waals surface area contributed by atoms with Gasteiger partial charge in [-0.05, 0) is 61.4 Å². The minimum absolute atomic E-state index is 0. The summed E-state index contributed by atoms with van der Waals surface area (Å²) in [7, 11) is -7.52. The number of alkyl halides is 3. The summed E-state index contributed by atoms with van der Waals surface area (Å²) in [4.78, 5) is 0. The summed E-state index contributed by atoms with van der Waals surface area (Å²) in [6.07, 6.45) is 8.84. The van der Waals surface area contributed by atoms with Gasteiger partial charge in [0.2, 0.25) is 0 Å². The molecule has 0 spiro atoms. The van der Waals surface area contributed by atoms with Crippen molar-refractivity contribution in [3.63, 3.8) is 0 Å². The van der Waals surface area contributed by atoms with E-state index in [4.69, 9.17) is 13.0 Å². The Morgan fingerprint density at radius 2 is 0.884 bits per heavy atom. The Morgan fingerprint density at radius 3 is 1.05 bits per heavy atom. The SMILES string of the molecule is C=C[CH-]C.O=S(=O)([O-])C(F)(F)F.[Pd].c1ccc([PH+](CCCC[PH+](c2ccccc2)c2ccccc2)c2ccccc2)cc1. The van der Waals surface area contributed by atoms with E-state index in [0.29, 0.717) is 0 Å². The topological polar surface area (TPSA) is 57.2 Å². The zero-order chi connectivity index (χ0) is 30.8. The first-order chi connectivity index (χ1) is 20.1. The fourth-order valence-electron chi connectivity index (χ4n) is 4.07. The Hall–Kier alpha value is -2.29. The molecule has 43 heavy (non-hydrogen) atoms. The van der Waals surface area contributed by atoms with Crippen LogP contribution in [0.3, 0.4) is 0 Å². The molecule has 0 heterocycles. The third kappa shape index (κ3) is 14.4. The predicted molar refractivity (Wildman–Crippen MR) is 176 cm³/mol. The van der Waals surface area contributed by atoms with E-state index in [0.717, 1.165) is 0 Å². The molecule has 0 aliphatic heterocycles. The quantitative estimate of drug-likeness (QED) is 0.0443. The van der Waals surface area contributed by atoms with Crippen LogP contribution in [0.25, 0.3) is 0 Å². The van der Waals surface area contributed by atoms with Gasteiger partial charge < -0.3 is 4.55 Å². The van der Waals surface area contributed by atoms with E-state index in [-0.39, 0.29) is 20.4 Å². The average molecular weight is 739 g/mol. The zero-order valence-electron chi connectivity index (χ0n) is 23.8. The molecule has 0 radical (unpaired) electrons. The Bertz CT molecular complexity index is 1230. The van der Waals surface area contributed by atoms with Crippen LogP contribution in [0.5, 0.6) is 0 Å². The van der Waals surface area contributed by atoms with Gasteiger partial charge in [0.05, 0.1) is 49.4 Å². The standard InChI is InChI=1S/C28H28P2.C4H7.CHF3O3S.Pd/c1-5-15-25(16-6-1)29(26-17-7-2-8-18-26)23-13-14-24-30(27-19-9-3-10-20-27)28-21-11-4-12-22-28;1-3-4-2;2-1(3,4)8(5,6)7;/h1-12,15-22H,13-14,23-24H2;3-4H,1H2,2H3;(H,5,6,7);/q;-1;;/p+1. The fraction of sp³-hybridized carbons (Fsp3) is 0.182. The maximum Gasteiger partial charge on any atom is 0.485 e. The summed E-state index contributed by atoms with van der Waals surface area (Å²) in [5, 5.41) is 6.13. The maximum atomic E-state index is 10.7. The van der Waals surface area contributed by atoms with E-state index in [9.17, 15) is 13.2 Å². The number of benzene rings is 4. The summed E-state index contributed by atoms with van der Waals surface area (Å²) in [5.41, 5.74) is -5.65. The number of hydrogen-bond acceptors (Lipinski definition) is 3. The molecule has 0 N–H and O–H groups in total. The van der Waals surface area contributed by atoms with Crippen molar-refractivity contribution in [2.45, 2.75) is 25.3 Å².